The van der Waals surface area contributed by atoms with Crippen LogP contribution in [0.15, 0.2) is 89.9 Å². The summed E-state index contributed by atoms with van der Waals surface area (Å²) in [6.45, 7) is 3.92. The maximum absolute atomic E-state index is 12.9. The Morgan fingerprint density at radius 3 is 2.38 bits per heavy atom. The van der Waals surface area contributed by atoms with Crippen LogP contribution in [0.1, 0.15) is 21.5 Å². The third-order valence-electron chi connectivity index (χ3n) is 5.38. The maximum Gasteiger partial charge on any atom is 0.347 e. The Labute approximate surface area is 200 Å². The summed E-state index contributed by atoms with van der Waals surface area (Å²) in [4.78, 5) is 26.5. The minimum atomic E-state index is -1.15. The Hall–Kier alpha value is -3.81. The van der Waals surface area contributed by atoms with E-state index in [1.807, 2.05) is 30.3 Å². The second kappa shape index (κ2) is 9.99. The Bertz CT molecular complexity index is 1290. The molecule has 1 aliphatic carbocycles. The lowest BCUT2D eigenvalue weighted by atomic mass is 10.0. The number of benzene rings is 3. The highest BCUT2D eigenvalue weighted by molar-refractivity contribution is 7.90. The molecule has 0 heterocycles. The second-order valence-corrected chi connectivity index (χ2v) is 8.90. The molecule has 0 bridgehead atoms. The molecule has 0 aliphatic heterocycles. The highest BCUT2D eigenvalue weighted by Gasteiger charge is 2.24. The molecular weight excluding hydrogens is 452 g/mol. The van der Waals surface area contributed by atoms with Crippen molar-refractivity contribution in [3.63, 3.8) is 0 Å². The quantitative estimate of drug-likeness (QED) is 0.213. The normalized spacial score (nSPS) is 12.9. The zero-order valence-electron chi connectivity index (χ0n) is 18.7. The van der Waals surface area contributed by atoms with Gasteiger partial charge in [0, 0.05) is 0 Å². The van der Waals surface area contributed by atoms with E-state index in [1.165, 1.54) is 19.2 Å². The van der Waals surface area contributed by atoms with Gasteiger partial charge in [0.1, 0.15) is 29.1 Å². The predicted octanol–water partition coefficient (Wildman–Crippen LogP) is 4.75. The summed E-state index contributed by atoms with van der Waals surface area (Å²) < 4.78 is 27.8. The summed E-state index contributed by atoms with van der Waals surface area (Å²) in [7, 11) is 1.46. The smallest absolute Gasteiger partial charge is 0.347 e. The van der Waals surface area contributed by atoms with Crippen LogP contribution in [0.3, 0.4) is 0 Å². The summed E-state index contributed by atoms with van der Waals surface area (Å²) in [5.74, 6) is -0.721. The lowest BCUT2D eigenvalue weighted by Gasteiger charge is -2.13. The predicted molar refractivity (Wildman–Crippen MR) is 130 cm³/mol. The Balaban J connectivity index is 1.55. The zero-order chi connectivity index (χ0) is 24.2. The van der Waals surface area contributed by atoms with Gasteiger partial charge in [0.25, 0.3) is 0 Å². The fourth-order valence-electron chi connectivity index (χ4n) is 3.59. The Morgan fingerprint density at radius 2 is 1.68 bits per heavy atom. The average Bonchev–Trinajstić information content (AvgIpc) is 3.28. The number of esters is 2. The molecule has 1 unspecified atom stereocenters. The molecule has 34 heavy (non-hydrogen) atoms. The highest BCUT2D eigenvalue weighted by Crippen LogP contribution is 2.33. The molecule has 7 heteroatoms. The van der Waals surface area contributed by atoms with Gasteiger partial charge in [-0.1, -0.05) is 36.9 Å². The maximum atomic E-state index is 12.9. The molecule has 0 aromatic heterocycles. The fourth-order valence-corrected chi connectivity index (χ4v) is 4.11. The highest BCUT2D eigenvalue weighted by atomic mass is 32.2. The number of carbonyl (C=O) groups excluding carboxylic acids is 2. The van der Waals surface area contributed by atoms with Gasteiger partial charge in [0.15, 0.2) is 4.90 Å². The van der Waals surface area contributed by atoms with Crippen LogP contribution in [0.25, 0.3) is 5.57 Å². The Morgan fingerprint density at radius 1 is 0.971 bits per heavy atom. The van der Waals surface area contributed by atoms with Crippen LogP contribution in [0.4, 0.5) is 0 Å². The van der Waals surface area contributed by atoms with Gasteiger partial charge in [-0.25, -0.2) is 9.59 Å². The summed E-state index contributed by atoms with van der Waals surface area (Å²) in [5.41, 5.74) is 2.98. The number of allylic oxidation sites excluding steroid dienone is 1. The van der Waals surface area contributed by atoms with Crippen LogP contribution in [-0.4, -0.2) is 29.9 Å². The molecule has 4 rings (SSSR count). The molecule has 3 aromatic carbocycles. The molecule has 3 aromatic rings. The van der Waals surface area contributed by atoms with Crippen LogP contribution < -0.4 is 14.2 Å². The molecule has 1 atom stereocenters. The van der Waals surface area contributed by atoms with Crippen molar-refractivity contribution < 1.29 is 28.4 Å². The van der Waals surface area contributed by atoms with E-state index in [1.54, 1.807) is 36.6 Å². The van der Waals surface area contributed by atoms with Crippen LogP contribution >= 0.6 is 0 Å². The van der Waals surface area contributed by atoms with E-state index in [2.05, 4.69) is 6.58 Å². The lowest BCUT2D eigenvalue weighted by Crippen LogP contribution is -2.16. The molecule has 0 fully saturated rings. The molecule has 172 valence electrons. The summed E-state index contributed by atoms with van der Waals surface area (Å²) >= 11 is -1.15. The third kappa shape index (κ3) is 4.90. The molecule has 6 nitrogen and oxygen atoms in total. The molecule has 0 saturated carbocycles. The standard InChI is InChI=1S/C27H22O6S/c1-17(22-14-8-18-6-4-5-7-23(18)22)26(28)33-25-15-11-20(31-2)16-24(25)27(29)32-19-9-12-21(13-10-19)34(3)30/h4-7,9-16H,1,8H2,2-3H3. The lowest BCUT2D eigenvalue weighted by molar-refractivity contribution is -0.129. The first-order chi connectivity index (χ1) is 16.4. The van der Waals surface area contributed by atoms with Crippen LogP contribution in [0.2, 0.25) is 0 Å². The largest absolute Gasteiger partial charge is 0.612 e. The number of methoxy groups -OCH3 is 1. The van der Waals surface area contributed by atoms with E-state index in [0.717, 1.165) is 11.1 Å². The first-order valence-electron chi connectivity index (χ1n) is 10.4. The van der Waals surface area contributed by atoms with Gasteiger partial charge in [-0.3, -0.25) is 0 Å². The van der Waals surface area contributed by atoms with Crippen molar-refractivity contribution in [3.8, 4) is 17.2 Å². The molecule has 0 radical (unpaired) electrons. The average molecular weight is 475 g/mol. The van der Waals surface area contributed by atoms with Crippen LogP contribution in [0.5, 0.6) is 17.2 Å². The summed E-state index contributed by atoms with van der Waals surface area (Å²) in [5, 5.41) is 0. The monoisotopic (exact) mass is 474 g/mol. The number of rotatable bonds is 7. The van der Waals surface area contributed by atoms with Gasteiger partial charge < -0.3 is 18.8 Å². The zero-order valence-corrected chi connectivity index (χ0v) is 19.5. The van der Waals surface area contributed by atoms with Crippen molar-refractivity contribution in [1.82, 2.24) is 0 Å². The van der Waals surface area contributed by atoms with Crippen molar-refractivity contribution in [2.75, 3.05) is 13.4 Å². The van der Waals surface area contributed by atoms with Gasteiger partial charge in [0.2, 0.25) is 0 Å². The molecule has 0 N–H and O–H groups in total. The molecule has 0 amide bonds. The van der Waals surface area contributed by atoms with E-state index < -0.39 is 23.1 Å². The summed E-state index contributed by atoms with van der Waals surface area (Å²) in [6.07, 6.45) is 4.21. The van der Waals surface area contributed by atoms with Crippen molar-refractivity contribution in [2.24, 2.45) is 0 Å². The molecule has 1 aliphatic rings. The number of hydrogen-bond donors (Lipinski definition) is 0. The Kier molecular flexibility index (Phi) is 6.86. The van der Waals surface area contributed by atoms with E-state index in [9.17, 15) is 14.1 Å². The van der Waals surface area contributed by atoms with Gasteiger partial charge in [-0.15, -0.1) is 0 Å². The topological polar surface area (TPSA) is 84.9 Å². The molecule has 0 spiro atoms. The number of carbonyl (C=O) groups is 2. The van der Waals surface area contributed by atoms with Gasteiger partial charge >= 0.3 is 11.9 Å². The van der Waals surface area contributed by atoms with Crippen molar-refractivity contribution in [1.29, 1.82) is 0 Å². The van der Waals surface area contributed by atoms with E-state index >= 15 is 0 Å². The molecular formula is C27H22O6S. The van der Waals surface area contributed by atoms with Crippen molar-refractivity contribution in [3.05, 3.63) is 102 Å². The molecule has 0 saturated heterocycles. The van der Waals surface area contributed by atoms with Crippen LogP contribution in [-0.2, 0) is 22.4 Å². The number of hydrogen-bond acceptors (Lipinski definition) is 6. The minimum Gasteiger partial charge on any atom is -0.612 e. The number of fused-ring (bicyclic) bond motifs is 1. The van der Waals surface area contributed by atoms with E-state index in [0.29, 0.717) is 22.6 Å². The summed E-state index contributed by atoms with van der Waals surface area (Å²) in [6, 6.07) is 18.6. The van der Waals surface area contributed by atoms with E-state index in [4.69, 9.17) is 14.2 Å². The van der Waals surface area contributed by atoms with Crippen molar-refractivity contribution >= 4 is 28.7 Å². The van der Waals surface area contributed by atoms with Gasteiger partial charge in [-0.2, -0.15) is 0 Å². The first-order valence-corrected chi connectivity index (χ1v) is 12.0. The van der Waals surface area contributed by atoms with Gasteiger partial charge in [-0.05, 0) is 76.8 Å². The first kappa shape index (κ1) is 23.4. The second-order valence-electron chi connectivity index (χ2n) is 7.52. The third-order valence-corrected chi connectivity index (χ3v) is 6.32. The number of ether oxygens (including phenoxy) is 3. The van der Waals surface area contributed by atoms with Crippen molar-refractivity contribution in [2.45, 2.75) is 11.3 Å². The van der Waals surface area contributed by atoms with E-state index in [-0.39, 0.29) is 22.6 Å². The fraction of sp³-hybridized carbons (Fsp3) is 0.111. The minimum absolute atomic E-state index is 0.0180. The van der Waals surface area contributed by atoms with Gasteiger partial charge in [0.05, 0.1) is 12.7 Å². The van der Waals surface area contributed by atoms with Crippen LogP contribution in [0, 0.1) is 0 Å². The SMILES string of the molecule is C=C(C(=O)Oc1ccc(OC)cc1C(=O)Oc1ccc([S+](C)[O-])cc1)C1=CCc2ccccc21.